The third kappa shape index (κ3) is 3.74. The van der Waals surface area contributed by atoms with Crippen LogP contribution in [-0.2, 0) is 4.79 Å². The van der Waals surface area contributed by atoms with Gasteiger partial charge in [0.1, 0.15) is 5.75 Å². The number of nitro benzene ring substituents is 1. The molecule has 126 valence electrons. The van der Waals surface area contributed by atoms with Gasteiger partial charge in [0.25, 0.3) is 11.6 Å². The van der Waals surface area contributed by atoms with Crippen LogP contribution in [0.2, 0.25) is 0 Å². The zero-order chi connectivity index (χ0) is 17.8. The van der Waals surface area contributed by atoms with Crippen molar-refractivity contribution in [3.8, 4) is 5.75 Å². The third-order valence-corrected chi connectivity index (χ3v) is 3.87. The van der Waals surface area contributed by atoms with E-state index in [1.165, 1.54) is 12.1 Å². The van der Waals surface area contributed by atoms with Gasteiger partial charge < -0.3 is 10.1 Å². The second kappa shape index (κ2) is 7.00. The van der Waals surface area contributed by atoms with Gasteiger partial charge in [0, 0.05) is 6.07 Å². The third-order valence-electron chi connectivity index (χ3n) is 3.87. The number of hydrogen-bond donors (Lipinski definition) is 1. The van der Waals surface area contributed by atoms with E-state index in [9.17, 15) is 14.9 Å². The van der Waals surface area contributed by atoms with Crippen LogP contribution in [0.5, 0.6) is 5.75 Å². The van der Waals surface area contributed by atoms with Crippen molar-refractivity contribution in [3.63, 3.8) is 0 Å². The fourth-order valence-electron chi connectivity index (χ4n) is 2.55. The Balaban J connectivity index is 1.66. The number of nitrogens with one attached hydrogen (secondary N) is 1. The van der Waals surface area contributed by atoms with Gasteiger partial charge in [-0.2, -0.15) is 0 Å². The molecule has 3 aromatic rings. The van der Waals surface area contributed by atoms with Crippen molar-refractivity contribution >= 4 is 28.1 Å². The van der Waals surface area contributed by atoms with Crippen LogP contribution in [0.3, 0.4) is 0 Å². The summed E-state index contributed by atoms with van der Waals surface area (Å²) in [6.45, 7) is 1.42. The molecule has 0 bridgehead atoms. The molecule has 0 aliphatic rings. The number of carbonyl (C=O) groups is 1. The van der Waals surface area contributed by atoms with Crippen molar-refractivity contribution in [1.82, 2.24) is 0 Å². The standard InChI is InChI=1S/C19H16N2O4/c1-13-17(7-4-8-18(13)21(23)24)20-19(22)12-25-16-10-9-14-5-2-3-6-15(14)11-16/h2-11H,12H2,1H3,(H,20,22). The quantitative estimate of drug-likeness (QED) is 0.562. The van der Waals surface area contributed by atoms with Crippen molar-refractivity contribution in [2.75, 3.05) is 11.9 Å². The fourth-order valence-corrected chi connectivity index (χ4v) is 2.55. The topological polar surface area (TPSA) is 81.5 Å². The molecule has 0 aromatic heterocycles. The minimum Gasteiger partial charge on any atom is -0.484 e. The van der Waals surface area contributed by atoms with Gasteiger partial charge in [0.2, 0.25) is 0 Å². The van der Waals surface area contributed by atoms with E-state index in [1.54, 1.807) is 19.1 Å². The van der Waals surface area contributed by atoms with E-state index in [0.717, 1.165) is 10.8 Å². The van der Waals surface area contributed by atoms with E-state index in [2.05, 4.69) is 5.32 Å². The molecule has 6 heteroatoms. The van der Waals surface area contributed by atoms with Crippen LogP contribution in [0.25, 0.3) is 10.8 Å². The molecule has 0 atom stereocenters. The van der Waals surface area contributed by atoms with Crippen LogP contribution in [0.1, 0.15) is 5.56 Å². The Morgan fingerprint density at radius 1 is 1.08 bits per heavy atom. The average Bonchev–Trinajstić information content (AvgIpc) is 2.61. The largest absolute Gasteiger partial charge is 0.484 e. The maximum atomic E-state index is 12.1. The van der Waals surface area contributed by atoms with Crippen LogP contribution in [-0.4, -0.2) is 17.4 Å². The highest BCUT2D eigenvalue weighted by Crippen LogP contribution is 2.25. The van der Waals surface area contributed by atoms with Crippen LogP contribution in [0, 0.1) is 17.0 Å². The summed E-state index contributed by atoms with van der Waals surface area (Å²) in [6, 6.07) is 18.0. The van der Waals surface area contributed by atoms with Crippen LogP contribution in [0.4, 0.5) is 11.4 Å². The number of hydrogen-bond acceptors (Lipinski definition) is 4. The number of ether oxygens (including phenoxy) is 1. The zero-order valence-corrected chi connectivity index (χ0v) is 13.6. The second-order valence-corrected chi connectivity index (χ2v) is 5.55. The average molecular weight is 336 g/mol. The van der Waals surface area contributed by atoms with E-state index < -0.39 is 4.92 Å². The van der Waals surface area contributed by atoms with Gasteiger partial charge in [-0.15, -0.1) is 0 Å². The molecule has 0 spiro atoms. The molecule has 3 aromatic carbocycles. The molecule has 0 unspecified atom stereocenters. The first-order chi connectivity index (χ1) is 12.0. The number of fused-ring (bicyclic) bond motifs is 1. The Kier molecular flexibility index (Phi) is 4.61. The molecular weight excluding hydrogens is 320 g/mol. The summed E-state index contributed by atoms with van der Waals surface area (Å²) in [5, 5.41) is 15.7. The first-order valence-corrected chi connectivity index (χ1v) is 7.70. The lowest BCUT2D eigenvalue weighted by Crippen LogP contribution is -2.20. The van der Waals surface area contributed by atoms with Crippen molar-refractivity contribution in [2.45, 2.75) is 6.92 Å². The van der Waals surface area contributed by atoms with Crippen LogP contribution >= 0.6 is 0 Å². The number of rotatable bonds is 5. The Bertz CT molecular complexity index is 953. The summed E-state index contributed by atoms with van der Waals surface area (Å²) in [5.41, 5.74) is 0.779. The summed E-state index contributed by atoms with van der Waals surface area (Å²) in [5.74, 6) is 0.210. The molecule has 0 fully saturated rings. The predicted octanol–water partition coefficient (Wildman–Crippen LogP) is 4.07. The maximum absolute atomic E-state index is 12.1. The van der Waals surface area contributed by atoms with Crippen molar-refractivity contribution in [3.05, 3.63) is 76.3 Å². The lowest BCUT2D eigenvalue weighted by molar-refractivity contribution is -0.385. The Hall–Kier alpha value is -3.41. The molecule has 1 N–H and O–H groups in total. The molecule has 3 rings (SSSR count). The number of carbonyl (C=O) groups excluding carboxylic acids is 1. The van der Waals surface area contributed by atoms with Gasteiger partial charge in [-0.1, -0.05) is 36.4 Å². The van der Waals surface area contributed by atoms with Crippen molar-refractivity contribution in [2.24, 2.45) is 0 Å². The Morgan fingerprint density at radius 2 is 1.84 bits per heavy atom. The molecule has 0 aliphatic carbocycles. The van der Waals surface area contributed by atoms with E-state index in [4.69, 9.17) is 4.74 Å². The smallest absolute Gasteiger partial charge is 0.274 e. The van der Waals surface area contributed by atoms with Crippen molar-refractivity contribution < 1.29 is 14.5 Å². The van der Waals surface area contributed by atoms with E-state index in [1.807, 2.05) is 36.4 Å². The highest BCUT2D eigenvalue weighted by molar-refractivity contribution is 5.93. The molecule has 0 heterocycles. The molecule has 0 saturated carbocycles. The van der Waals surface area contributed by atoms with Crippen LogP contribution < -0.4 is 10.1 Å². The summed E-state index contributed by atoms with van der Waals surface area (Å²) in [7, 11) is 0. The van der Waals surface area contributed by atoms with Gasteiger partial charge in [-0.25, -0.2) is 0 Å². The molecule has 1 amide bonds. The zero-order valence-electron chi connectivity index (χ0n) is 13.6. The lowest BCUT2D eigenvalue weighted by Gasteiger charge is -2.10. The Morgan fingerprint density at radius 3 is 2.60 bits per heavy atom. The van der Waals surface area contributed by atoms with E-state index in [0.29, 0.717) is 17.0 Å². The first-order valence-electron chi connectivity index (χ1n) is 7.70. The van der Waals surface area contributed by atoms with Gasteiger partial charge in [0.05, 0.1) is 16.2 Å². The summed E-state index contributed by atoms with van der Waals surface area (Å²) in [6.07, 6.45) is 0. The monoisotopic (exact) mass is 336 g/mol. The minimum atomic E-state index is -0.476. The number of nitro groups is 1. The maximum Gasteiger partial charge on any atom is 0.274 e. The van der Waals surface area contributed by atoms with E-state index >= 15 is 0 Å². The highest BCUT2D eigenvalue weighted by atomic mass is 16.6. The Labute approximate surface area is 144 Å². The molecular formula is C19H16N2O4. The van der Waals surface area contributed by atoms with Gasteiger partial charge in [-0.3, -0.25) is 14.9 Å². The molecule has 0 radical (unpaired) electrons. The summed E-state index contributed by atoms with van der Waals surface area (Å²) >= 11 is 0. The van der Waals surface area contributed by atoms with Gasteiger partial charge >= 0.3 is 0 Å². The number of benzene rings is 3. The van der Waals surface area contributed by atoms with Gasteiger partial charge in [0.15, 0.2) is 6.61 Å². The van der Waals surface area contributed by atoms with E-state index in [-0.39, 0.29) is 18.2 Å². The normalized spacial score (nSPS) is 10.4. The molecule has 25 heavy (non-hydrogen) atoms. The number of nitrogens with zero attached hydrogens (tertiary/aromatic N) is 1. The van der Waals surface area contributed by atoms with Crippen LogP contribution in [0.15, 0.2) is 60.7 Å². The molecule has 0 aliphatic heterocycles. The second-order valence-electron chi connectivity index (χ2n) is 5.55. The number of amides is 1. The van der Waals surface area contributed by atoms with Crippen molar-refractivity contribution in [1.29, 1.82) is 0 Å². The predicted molar refractivity (Wildman–Crippen MR) is 95.9 cm³/mol. The number of anilines is 1. The molecule has 0 saturated heterocycles. The lowest BCUT2D eigenvalue weighted by atomic mass is 10.1. The SMILES string of the molecule is Cc1c(NC(=O)COc2ccc3ccccc3c2)cccc1[N+](=O)[O-]. The fraction of sp³-hybridized carbons (Fsp3) is 0.105. The van der Waals surface area contributed by atoms with Gasteiger partial charge in [-0.05, 0) is 35.9 Å². The first kappa shape index (κ1) is 16.4. The molecule has 6 nitrogen and oxygen atoms in total. The minimum absolute atomic E-state index is 0.0340. The summed E-state index contributed by atoms with van der Waals surface area (Å²) in [4.78, 5) is 22.5. The highest BCUT2D eigenvalue weighted by Gasteiger charge is 2.15. The summed E-state index contributed by atoms with van der Waals surface area (Å²) < 4.78 is 5.52.